The zero-order valence-corrected chi connectivity index (χ0v) is 18.4. The first kappa shape index (κ1) is 21.9. The van der Waals surface area contributed by atoms with Crippen LogP contribution in [0.25, 0.3) is 11.3 Å². The molecular formula is C24H24ClN3O4. The highest BCUT2D eigenvalue weighted by molar-refractivity contribution is 6.33. The van der Waals surface area contributed by atoms with Crippen LogP contribution in [0.2, 0.25) is 5.02 Å². The molecule has 1 heterocycles. The quantitative estimate of drug-likeness (QED) is 0.456. The minimum absolute atomic E-state index is 0.0270. The first-order chi connectivity index (χ1) is 15.5. The first-order valence-electron chi connectivity index (χ1n) is 10.5. The van der Waals surface area contributed by atoms with Crippen LogP contribution in [-0.2, 0) is 9.53 Å². The fraction of sp³-hybridized carbons (Fsp3) is 0.292. The summed E-state index contributed by atoms with van der Waals surface area (Å²) in [5, 5.41) is 5.97. The van der Waals surface area contributed by atoms with Gasteiger partial charge in [0.1, 0.15) is 0 Å². The van der Waals surface area contributed by atoms with Crippen molar-refractivity contribution < 1.29 is 18.7 Å². The molecule has 0 bridgehead atoms. The predicted molar refractivity (Wildman–Crippen MR) is 123 cm³/mol. The van der Waals surface area contributed by atoms with Crippen LogP contribution in [0, 0.1) is 5.92 Å². The van der Waals surface area contributed by atoms with Gasteiger partial charge in [0.25, 0.3) is 0 Å². The summed E-state index contributed by atoms with van der Waals surface area (Å²) in [5.74, 6) is 1.41. The number of urea groups is 1. The van der Waals surface area contributed by atoms with E-state index in [1.807, 2.05) is 12.1 Å². The number of esters is 1. The molecule has 1 aliphatic rings. The monoisotopic (exact) mass is 453 g/mol. The number of benzene rings is 2. The second-order valence-electron chi connectivity index (χ2n) is 7.77. The normalized spacial score (nSPS) is 18.1. The van der Waals surface area contributed by atoms with Gasteiger partial charge in [-0.3, -0.25) is 4.79 Å². The number of ether oxygens (including phenoxy) is 1. The molecule has 0 spiro atoms. The second kappa shape index (κ2) is 9.87. The lowest BCUT2D eigenvalue weighted by molar-refractivity contribution is -0.146. The van der Waals surface area contributed by atoms with Gasteiger partial charge in [-0.25, -0.2) is 9.78 Å². The first-order valence-corrected chi connectivity index (χ1v) is 10.9. The molecule has 1 aliphatic carbocycles. The Morgan fingerprint density at radius 2 is 1.75 bits per heavy atom. The van der Waals surface area contributed by atoms with Crippen molar-refractivity contribution in [2.24, 2.45) is 5.92 Å². The Balaban J connectivity index is 1.35. The van der Waals surface area contributed by atoms with Gasteiger partial charge < -0.3 is 19.8 Å². The van der Waals surface area contributed by atoms with Crippen LogP contribution in [0.15, 0.2) is 59.1 Å². The maximum Gasteiger partial charge on any atom is 0.323 e. The number of nitrogens with zero attached hydrogens (tertiary/aromatic N) is 1. The fourth-order valence-electron chi connectivity index (χ4n) is 3.92. The zero-order valence-electron chi connectivity index (χ0n) is 17.6. The average molecular weight is 454 g/mol. The highest BCUT2D eigenvalue weighted by atomic mass is 35.5. The number of carbonyl (C=O) groups is 2. The van der Waals surface area contributed by atoms with Crippen molar-refractivity contribution in [1.82, 2.24) is 4.98 Å². The third-order valence-corrected chi connectivity index (χ3v) is 6.01. The number of para-hydroxylation sites is 1. The van der Waals surface area contributed by atoms with Crippen LogP contribution in [-0.4, -0.2) is 24.1 Å². The SMILES string of the molecule is COC(=O)C1CCC(c2ncc(-c3ccc(NC(=O)Nc4ccccc4Cl)cc3)o2)CC1. The summed E-state index contributed by atoms with van der Waals surface area (Å²) in [7, 11) is 1.43. The van der Waals surface area contributed by atoms with Gasteiger partial charge in [0.15, 0.2) is 11.7 Å². The number of aromatic nitrogens is 1. The molecule has 1 saturated carbocycles. The molecule has 1 fully saturated rings. The Labute approximate surface area is 191 Å². The molecule has 2 amide bonds. The molecule has 0 unspecified atom stereocenters. The molecule has 32 heavy (non-hydrogen) atoms. The van der Waals surface area contributed by atoms with Gasteiger partial charge in [0.2, 0.25) is 0 Å². The maximum absolute atomic E-state index is 12.2. The lowest BCUT2D eigenvalue weighted by Gasteiger charge is -2.24. The Morgan fingerprint density at radius 1 is 1.03 bits per heavy atom. The summed E-state index contributed by atoms with van der Waals surface area (Å²) in [4.78, 5) is 28.4. The highest BCUT2D eigenvalue weighted by Crippen LogP contribution is 2.37. The van der Waals surface area contributed by atoms with Gasteiger partial charge >= 0.3 is 12.0 Å². The van der Waals surface area contributed by atoms with E-state index >= 15 is 0 Å². The van der Waals surface area contributed by atoms with E-state index in [-0.39, 0.29) is 23.8 Å². The smallest absolute Gasteiger partial charge is 0.323 e. The summed E-state index contributed by atoms with van der Waals surface area (Å²) < 4.78 is 10.8. The Morgan fingerprint density at radius 3 is 2.44 bits per heavy atom. The summed E-state index contributed by atoms with van der Waals surface area (Å²) in [6.45, 7) is 0. The minimum atomic E-state index is -0.379. The number of amides is 2. The summed E-state index contributed by atoms with van der Waals surface area (Å²) in [5.41, 5.74) is 2.04. The zero-order chi connectivity index (χ0) is 22.5. The lowest BCUT2D eigenvalue weighted by atomic mass is 9.82. The van der Waals surface area contributed by atoms with Crippen molar-refractivity contribution in [3.8, 4) is 11.3 Å². The van der Waals surface area contributed by atoms with Crippen molar-refractivity contribution in [2.75, 3.05) is 17.7 Å². The molecule has 7 nitrogen and oxygen atoms in total. The van der Waals surface area contributed by atoms with Crippen molar-refractivity contribution in [3.05, 3.63) is 65.6 Å². The Hall–Kier alpha value is -3.32. The van der Waals surface area contributed by atoms with E-state index in [0.717, 1.165) is 31.2 Å². The van der Waals surface area contributed by atoms with Crippen molar-refractivity contribution in [1.29, 1.82) is 0 Å². The molecule has 166 valence electrons. The molecule has 1 aromatic heterocycles. The maximum atomic E-state index is 12.2. The third-order valence-electron chi connectivity index (χ3n) is 5.68. The number of anilines is 2. The van der Waals surface area contributed by atoms with E-state index in [4.69, 9.17) is 20.8 Å². The van der Waals surface area contributed by atoms with Crippen molar-refractivity contribution in [2.45, 2.75) is 31.6 Å². The number of hydrogen-bond acceptors (Lipinski definition) is 5. The lowest BCUT2D eigenvalue weighted by Crippen LogP contribution is -2.22. The van der Waals surface area contributed by atoms with E-state index in [1.54, 1.807) is 42.6 Å². The van der Waals surface area contributed by atoms with E-state index < -0.39 is 0 Å². The van der Waals surface area contributed by atoms with E-state index in [0.29, 0.717) is 28.0 Å². The highest BCUT2D eigenvalue weighted by Gasteiger charge is 2.30. The molecule has 3 aromatic rings. The molecule has 0 atom stereocenters. The minimum Gasteiger partial charge on any atom is -0.469 e. The topological polar surface area (TPSA) is 93.5 Å². The van der Waals surface area contributed by atoms with E-state index in [9.17, 15) is 9.59 Å². The van der Waals surface area contributed by atoms with Crippen molar-refractivity contribution >= 4 is 35.0 Å². The number of carbonyl (C=O) groups excluding carboxylic acids is 2. The van der Waals surface area contributed by atoms with Gasteiger partial charge in [-0.2, -0.15) is 0 Å². The standard InChI is InChI=1S/C24H24ClN3O4/c1-31-23(29)17-8-6-16(7-9-17)22-26-14-21(32-22)15-10-12-18(13-11-15)27-24(30)28-20-5-3-2-4-19(20)25/h2-5,10-14,16-17H,6-9H2,1H3,(H2,27,28,30). The molecule has 0 saturated heterocycles. The molecular weight excluding hydrogens is 430 g/mol. The van der Waals surface area contributed by atoms with Crippen LogP contribution in [0.5, 0.6) is 0 Å². The molecule has 2 aromatic carbocycles. The van der Waals surface area contributed by atoms with Crippen LogP contribution >= 0.6 is 11.6 Å². The second-order valence-corrected chi connectivity index (χ2v) is 8.18. The summed E-state index contributed by atoms with van der Waals surface area (Å²) >= 11 is 6.07. The summed E-state index contributed by atoms with van der Waals surface area (Å²) in [6.07, 6.45) is 4.98. The molecule has 4 rings (SSSR count). The number of hydrogen-bond donors (Lipinski definition) is 2. The number of oxazole rings is 1. The van der Waals surface area contributed by atoms with Crippen LogP contribution in [0.4, 0.5) is 16.2 Å². The molecule has 0 radical (unpaired) electrons. The molecule has 0 aliphatic heterocycles. The number of rotatable bonds is 5. The number of methoxy groups -OCH3 is 1. The van der Waals surface area contributed by atoms with Crippen LogP contribution in [0.1, 0.15) is 37.5 Å². The molecule has 2 N–H and O–H groups in total. The largest absolute Gasteiger partial charge is 0.469 e. The predicted octanol–water partition coefficient (Wildman–Crippen LogP) is 6.09. The van der Waals surface area contributed by atoms with E-state index in [2.05, 4.69) is 15.6 Å². The fourth-order valence-corrected chi connectivity index (χ4v) is 4.10. The van der Waals surface area contributed by atoms with E-state index in [1.165, 1.54) is 7.11 Å². The number of nitrogens with one attached hydrogen (secondary N) is 2. The van der Waals surface area contributed by atoms with Crippen LogP contribution < -0.4 is 10.6 Å². The van der Waals surface area contributed by atoms with Gasteiger partial charge in [-0.1, -0.05) is 23.7 Å². The average Bonchev–Trinajstić information content (AvgIpc) is 3.31. The number of halogens is 1. The van der Waals surface area contributed by atoms with Crippen molar-refractivity contribution in [3.63, 3.8) is 0 Å². The molecule has 8 heteroatoms. The van der Waals surface area contributed by atoms with Crippen LogP contribution in [0.3, 0.4) is 0 Å². The van der Waals surface area contributed by atoms with Gasteiger partial charge in [-0.05, 0) is 62.1 Å². The van der Waals surface area contributed by atoms with Gasteiger partial charge in [0.05, 0.1) is 29.9 Å². The van der Waals surface area contributed by atoms with Gasteiger partial charge in [-0.15, -0.1) is 0 Å². The summed E-state index contributed by atoms with van der Waals surface area (Å²) in [6, 6.07) is 14.0. The Kier molecular flexibility index (Phi) is 6.75. The third kappa shape index (κ3) is 5.11. The van der Waals surface area contributed by atoms with Gasteiger partial charge in [0, 0.05) is 17.2 Å². The Bertz CT molecular complexity index is 1090.